The molecule has 20 heavy (non-hydrogen) atoms. The lowest BCUT2D eigenvalue weighted by atomic mass is 10.1. The fraction of sp³-hybridized carbons (Fsp3) is 0.417. The van der Waals surface area contributed by atoms with E-state index in [0.717, 1.165) is 6.42 Å². The quantitative estimate of drug-likeness (QED) is 0.528. The van der Waals surface area contributed by atoms with Crippen LogP contribution >= 0.6 is 0 Å². The predicted molar refractivity (Wildman–Crippen MR) is 57.5 cm³/mol. The van der Waals surface area contributed by atoms with E-state index in [-0.39, 0.29) is 12.6 Å². The topological polar surface area (TPSA) is 38.3 Å². The lowest BCUT2D eigenvalue weighted by Crippen LogP contribution is -2.33. The van der Waals surface area contributed by atoms with Gasteiger partial charge in [-0.25, -0.2) is 22.0 Å². The molecule has 1 aromatic rings. The molecule has 1 saturated heterocycles. The van der Waals surface area contributed by atoms with Crippen molar-refractivity contribution in [2.24, 2.45) is 0 Å². The average Bonchev–Trinajstić information content (AvgIpc) is 2.94. The first-order valence-electron chi connectivity index (χ1n) is 5.84. The van der Waals surface area contributed by atoms with Crippen molar-refractivity contribution in [2.45, 2.75) is 18.9 Å². The van der Waals surface area contributed by atoms with Crippen molar-refractivity contribution < 1.29 is 31.5 Å². The smallest absolute Gasteiger partial charge is 0.257 e. The van der Waals surface area contributed by atoms with E-state index in [1.54, 1.807) is 0 Å². The summed E-state index contributed by atoms with van der Waals surface area (Å²) in [5.41, 5.74) is -1.49. The van der Waals surface area contributed by atoms with Gasteiger partial charge in [-0.2, -0.15) is 0 Å². The van der Waals surface area contributed by atoms with Gasteiger partial charge in [-0.15, -0.1) is 0 Å². The minimum absolute atomic E-state index is 0.0572. The lowest BCUT2D eigenvalue weighted by molar-refractivity contribution is 0.0848. The van der Waals surface area contributed by atoms with E-state index in [1.165, 1.54) is 0 Å². The summed E-state index contributed by atoms with van der Waals surface area (Å²) in [7, 11) is 0. The summed E-state index contributed by atoms with van der Waals surface area (Å²) in [6.07, 6.45) is 1.11. The van der Waals surface area contributed by atoms with Crippen molar-refractivity contribution >= 4 is 5.91 Å². The highest BCUT2D eigenvalue weighted by atomic mass is 19.2. The number of rotatable bonds is 3. The summed E-state index contributed by atoms with van der Waals surface area (Å²) in [6.45, 7) is 0.446. The van der Waals surface area contributed by atoms with Crippen molar-refractivity contribution in [3.63, 3.8) is 0 Å². The minimum atomic E-state index is -2.30. The zero-order chi connectivity index (χ0) is 14.9. The van der Waals surface area contributed by atoms with Gasteiger partial charge in [0.1, 0.15) is 5.56 Å². The Kier molecular flexibility index (Phi) is 4.22. The second-order valence-electron chi connectivity index (χ2n) is 4.29. The van der Waals surface area contributed by atoms with E-state index >= 15 is 0 Å². The molecule has 8 heteroatoms. The van der Waals surface area contributed by atoms with Gasteiger partial charge < -0.3 is 10.1 Å². The van der Waals surface area contributed by atoms with E-state index in [4.69, 9.17) is 4.74 Å². The highest BCUT2D eigenvalue weighted by Gasteiger charge is 2.30. The second-order valence-corrected chi connectivity index (χ2v) is 4.29. The number of hydrogen-bond donors (Lipinski definition) is 1. The van der Waals surface area contributed by atoms with Crippen LogP contribution in [0.5, 0.6) is 0 Å². The Morgan fingerprint density at radius 1 is 1.05 bits per heavy atom. The summed E-state index contributed by atoms with van der Waals surface area (Å²) in [5.74, 6) is -12.3. The Morgan fingerprint density at radius 2 is 1.60 bits per heavy atom. The third-order valence-corrected chi connectivity index (χ3v) is 2.95. The van der Waals surface area contributed by atoms with Crippen LogP contribution in [0, 0.1) is 29.1 Å². The number of benzene rings is 1. The molecule has 1 unspecified atom stereocenters. The fourth-order valence-corrected chi connectivity index (χ4v) is 1.90. The highest BCUT2D eigenvalue weighted by molar-refractivity contribution is 5.94. The molecule has 0 spiro atoms. The molecule has 0 saturated carbocycles. The maximum absolute atomic E-state index is 13.3. The maximum Gasteiger partial charge on any atom is 0.257 e. The number of carbonyl (C=O) groups excluding carboxylic acids is 1. The van der Waals surface area contributed by atoms with Crippen LogP contribution in [0.15, 0.2) is 0 Å². The second kappa shape index (κ2) is 5.74. The largest absolute Gasteiger partial charge is 0.376 e. The summed E-state index contributed by atoms with van der Waals surface area (Å²) >= 11 is 0. The van der Waals surface area contributed by atoms with Crippen LogP contribution in [-0.4, -0.2) is 25.2 Å². The minimum Gasteiger partial charge on any atom is -0.376 e. The molecule has 0 radical (unpaired) electrons. The molecule has 110 valence electrons. The molecule has 0 aromatic heterocycles. The van der Waals surface area contributed by atoms with Crippen LogP contribution < -0.4 is 5.32 Å². The third-order valence-electron chi connectivity index (χ3n) is 2.95. The van der Waals surface area contributed by atoms with Crippen molar-refractivity contribution in [1.29, 1.82) is 0 Å². The molecule has 1 aliphatic heterocycles. The molecule has 1 aliphatic rings. The number of halogens is 5. The predicted octanol–water partition coefficient (Wildman–Crippen LogP) is 2.29. The van der Waals surface area contributed by atoms with Crippen LogP contribution in [0.3, 0.4) is 0 Å². The number of nitrogens with one attached hydrogen (secondary N) is 1. The summed E-state index contributed by atoms with van der Waals surface area (Å²) < 4.78 is 70.5. The maximum atomic E-state index is 13.3. The van der Waals surface area contributed by atoms with Crippen molar-refractivity contribution in [3.05, 3.63) is 34.6 Å². The van der Waals surface area contributed by atoms with E-state index in [1.807, 2.05) is 0 Å². The first-order chi connectivity index (χ1) is 9.43. The standard InChI is InChI=1S/C12H10F5NO2/c13-7-6(8(14)10(16)11(17)9(7)15)12(19)18-4-5-2-1-3-20-5/h5H,1-4H2,(H,18,19). The van der Waals surface area contributed by atoms with Gasteiger partial charge in [0.2, 0.25) is 5.82 Å². The molecule has 1 aromatic carbocycles. The Bertz CT molecular complexity index is 514. The van der Waals surface area contributed by atoms with Gasteiger partial charge in [0.05, 0.1) is 6.10 Å². The molecular weight excluding hydrogens is 285 g/mol. The van der Waals surface area contributed by atoms with E-state index in [2.05, 4.69) is 5.32 Å². The highest BCUT2D eigenvalue weighted by Crippen LogP contribution is 2.23. The van der Waals surface area contributed by atoms with Gasteiger partial charge in [-0.05, 0) is 12.8 Å². The van der Waals surface area contributed by atoms with Crippen molar-refractivity contribution in [2.75, 3.05) is 13.2 Å². The normalized spacial score (nSPS) is 18.4. The van der Waals surface area contributed by atoms with Gasteiger partial charge >= 0.3 is 0 Å². The number of ether oxygens (including phenoxy) is 1. The average molecular weight is 295 g/mol. The SMILES string of the molecule is O=C(NCC1CCCO1)c1c(F)c(F)c(F)c(F)c1F. The number of amides is 1. The van der Waals surface area contributed by atoms with Crippen LogP contribution in [-0.2, 0) is 4.74 Å². The summed E-state index contributed by atoms with van der Waals surface area (Å²) in [4.78, 5) is 11.6. The van der Waals surface area contributed by atoms with Gasteiger partial charge in [0.15, 0.2) is 23.3 Å². The Morgan fingerprint density at radius 3 is 2.10 bits per heavy atom. The van der Waals surface area contributed by atoms with E-state index < -0.39 is 40.6 Å². The molecule has 1 atom stereocenters. The first kappa shape index (κ1) is 14.7. The van der Waals surface area contributed by atoms with Gasteiger partial charge in [0, 0.05) is 13.2 Å². The summed E-state index contributed by atoms with van der Waals surface area (Å²) in [6, 6.07) is 0. The monoisotopic (exact) mass is 295 g/mol. The number of hydrogen-bond acceptors (Lipinski definition) is 2. The Labute approximate surface area is 110 Å². The molecule has 3 nitrogen and oxygen atoms in total. The van der Waals surface area contributed by atoms with Gasteiger partial charge in [0.25, 0.3) is 5.91 Å². The van der Waals surface area contributed by atoms with Crippen molar-refractivity contribution in [1.82, 2.24) is 5.32 Å². The third kappa shape index (κ3) is 2.60. The van der Waals surface area contributed by atoms with Crippen molar-refractivity contribution in [3.8, 4) is 0 Å². The number of carbonyl (C=O) groups is 1. The zero-order valence-corrected chi connectivity index (χ0v) is 10.1. The molecule has 2 rings (SSSR count). The van der Waals surface area contributed by atoms with E-state index in [9.17, 15) is 26.7 Å². The zero-order valence-electron chi connectivity index (χ0n) is 10.1. The van der Waals surface area contributed by atoms with Gasteiger partial charge in [-0.1, -0.05) is 0 Å². The molecule has 0 bridgehead atoms. The van der Waals surface area contributed by atoms with Crippen LogP contribution in [0.2, 0.25) is 0 Å². The molecular formula is C12H10F5NO2. The molecule has 1 fully saturated rings. The Hall–Kier alpha value is -1.70. The molecule has 1 amide bonds. The summed E-state index contributed by atoms with van der Waals surface area (Å²) in [5, 5.41) is 2.10. The first-order valence-corrected chi connectivity index (χ1v) is 5.84. The molecule has 1 heterocycles. The Balaban J connectivity index is 2.21. The fourth-order valence-electron chi connectivity index (χ4n) is 1.90. The van der Waals surface area contributed by atoms with Crippen LogP contribution in [0.1, 0.15) is 23.2 Å². The van der Waals surface area contributed by atoms with Crippen LogP contribution in [0.4, 0.5) is 22.0 Å². The lowest BCUT2D eigenvalue weighted by Gasteiger charge is -2.12. The molecule has 0 aliphatic carbocycles. The van der Waals surface area contributed by atoms with Gasteiger partial charge in [-0.3, -0.25) is 4.79 Å². The van der Waals surface area contributed by atoms with Crippen LogP contribution in [0.25, 0.3) is 0 Å². The van der Waals surface area contributed by atoms with E-state index in [0.29, 0.717) is 13.0 Å². The molecule has 1 N–H and O–H groups in total.